The normalized spacial score (nSPS) is 12.6. The number of carbonyl (C=O) groups is 1. The average Bonchev–Trinajstić information content (AvgIpc) is 3.24. The summed E-state index contributed by atoms with van der Waals surface area (Å²) in [7, 11) is 0. The Balaban J connectivity index is 1.85. The van der Waals surface area contributed by atoms with Crippen molar-refractivity contribution in [2.75, 3.05) is 13.1 Å². The Morgan fingerprint density at radius 2 is 1.91 bits per heavy atom. The number of hydrogen-bond acceptors (Lipinski definition) is 4. The van der Waals surface area contributed by atoms with Gasteiger partial charge in [-0.25, -0.2) is 14.2 Å². The smallest absolute Gasteiger partial charge is 0.407 e. The second-order valence-corrected chi connectivity index (χ2v) is 9.87. The van der Waals surface area contributed by atoms with Crippen LogP contribution in [0.5, 0.6) is 0 Å². The summed E-state index contributed by atoms with van der Waals surface area (Å²) < 4.78 is 19.2. The third-order valence-corrected chi connectivity index (χ3v) is 5.41. The Labute approximate surface area is 209 Å². The highest BCUT2D eigenvalue weighted by molar-refractivity contribution is 6.34. The van der Waals surface area contributed by atoms with Crippen molar-refractivity contribution in [3.05, 3.63) is 87.7 Å². The molecule has 0 saturated heterocycles. The maximum atomic E-state index is 13.9. The second kappa shape index (κ2) is 11.7. The topological polar surface area (TPSA) is 70.2 Å². The Morgan fingerprint density at radius 1 is 1.18 bits per heavy atom. The summed E-state index contributed by atoms with van der Waals surface area (Å²) in [5, 5.41) is 3.89. The number of ether oxygens (including phenoxy) is 1. The van der Waals surface area contributed by atoms with Crippen LogP contribution in [-0.2, 0) is 17.7 Å². The number of rotatable bonds is 9. The summed E-state index contributed by atoms with van der Waals surface area (Å²) in [6.45, 7) is 6.67. The SMILES string of the molecule is CC(C)(C)OC(=O)NCCN(Cc1cccc(F)c1)C(Cc1cc(Cl)cc(Cl)c1)c1ncc[nH]1. The van der Waals surface area contributed by atoms with Crippen molar-refractivity contribution in [3.8, 4) is 0 Å². The van der Waals surface area contributed by atoms with Crippen LogP contribution in [0, 0.1) is 5.82 Å². The lowest BCUT2D eigenvalue weighted by Crippen LogP contribution is -2.40. The van der Waals surface area contributed by atoms with E-state index >= 15 is 0 Å². The number of aromatic nitrogens is 2. The monoisotopic (exact) mass is 506 g/mol. The zero-order chi connectivity index (χ0) is 24.7. The molecule has 2 aromatic carbocycles. The van der Waals surface area contributed by atoms with Crippen LogP contribution >= 0.6 is 23.2 Å². The van der Waals surface area contributed by atoms with E-state index in [1.54, 1.807) is 24.5 Å². The van der Waals surface area contributed by atoms with Crippen molar-refractivity contribution in [1.82, 2.24) is 20.2 Å². The molecule has 0 aliphatic rings. The third-order valence-electron chi connectivity index (χ3n) is 4.97. The van der Waals surface area contributed by atoms with Gasteiger partial charge in [-0.05, 0) is 68.7 Å². The minimum absolute atomic E-state index is 0.215. The number of halogens is 3. The van der Waals surface area contributed by atoms with E-state index in [4.69, 9.17) is 27.9 Å². The number of hydrogen-bond donors (Lipinski definition) is 2. The molecule has 9 heteroatoms. The van der Waals surface area contributed by atoms with Gasteiger partial charge in [0.2, 0.25) is 0 Å². The molecular weight excluding hydrogens is 478 g/mol. The van der Waals surface area contributed by atoms with Gasteiger partial charge in [-0.3, -0.25) is 4.90 Å². The molecule has 0 bridgehead atoms. The van der Waals surface area contributed by atoms with E-state index in [0.29, 0.717) is 36.1 Å². The molecule has 0 aliphatic carbocycles. The molecule has 1 amide bonds. The van der Waals surface area contributed by atoms with Gasteiger partial charge in [0.1, 0.15) is 17.2 Å². The van der Waals surface area contributed by atoms with Crippen LogP contribution in [0.2, 0.25) is 10.0 Å². The Morgan fingerprint density at radius 3 is 2.53 bits per heavy atom. The molecule has 34 heavy (non-hydrogen) atoms. The highest BCUT2D eigenvalue weighted by Crippen LogP contribution is 2.28. The zero-order valence-corrected chi connectivity index (χ0v) is 21.0. The van der Waals surface area contributed by atoms with Crippen molar-refractivity contribution in [3.63, 3.8) is 0 Å². The molecule has 0 saturated carbocycles. The molecule has 2 N–H and O–H groups in total. The fourth-order valence-electron chi connectivity index (χ4n) is 3.64. The maximum absolute atomic E-state index is 13.9. The van der Waals surface area contributed by atoms with Crippen molar-refractivity contribution in [1.29, 1.82) is 0 Å². The summed E-state index contributed by atoms with van der Waals surface area (Å²) in [6, 6.07) is 11.7. The van der Waals surface area contributed by atoms with Crippen LogP contribution in [0.25, 0.3) is 0 Å². The van der Waals surface area contributed by atoms with E-state index < -0.39 is 11.7 Å². The minimum Gasteiger partial charge on any atom is -0.444 e. The lowest BCUT2D eigenvalue weighted by atomic mass is 10.0. The Kier molecular flexibility index (Phi) is 8.94. The first kappa shape index (κ1) is 26.0. The largest absolute Gasteiger partial charge is 0.444 e. The predicted octanol–water partition coefficient (Wildman–Crippen LogP) is 6.17. The van der Waals surface area contributed by atoms with Crippen molar-refractivity contribution >= 4 is 29.3 Å². The number of benzene rings is 2. The van der Waals surface area contributed by atoms with Crippen LogP contribution in [0.3, 0.4) is 0 Å². The molecule has 0 fully saturated rings. The number of carbonyl (C=O) groups excluding carboxylic acids is 1. The van der Waals surface area contributed by atoms with Crippen LogP contribution in [0.4, 0.5) is 9.18 Å². The molecule has 1 heterocycles. The number of amides is 1. The van der Waals surface area contributed by atoms with E-state index in [0.717, 1.165) is 17.0 Å². The molecule has 0 radical (unpaired) electrons. The Bertz CT molecular complexity index is 1070. The number of nitrogens with zero attached hydrogens (tertiary/aromatic N) is 2. The summed E-state index contributed by atoms with van der Waals surface area (Å²) in [5.74, 6) is 0.435. The van der Waals surface area contributed by atoms with Crippen LogP contribution in [-0.4, -0.2) is 39.7 Å². The molecule has 6 nitrogen and oxygen atoms in total. The summed E-state index contributed by atoms with van der Waals surface area (Å²) in [5.41, 5.74) is 1.15. The van der Waals surface area contributed by atoms with Crippen molar-refractivity contribution in [2.45, 2.75) is 45.4 Å². The molecule has 3 aromatic rings. The summed E-state index contributed by atoms with van der Waals surface area (Å²) >= 11 is 12.5. The number of imidazole rings is 1. The highest BCUT2D eigenvalue weighted by Gasteiger charge is 2.24. The number of nitrogens with one attached hydrogen (secondary N) is 2. The van der Waals surface area contributed by atoms with Gasteiger partial charge < -0.3 is 15.0 Å². The van der Waals surface area contributed by atoms with Crippen LogP contribution < -0.4 is 5.32 Å². The fourth-order valence-corrected chi connectivity index (χ4v) is 4.21. The van der Waals surface area contributed by atoms with E-state index in [1.807, 2.05) is 39.0 Å². The van der Waals surface area contributed by atoms with Crippen LogP contribution in [0.15, 0.2) is 54.9 Å². The molecule has 1 unspecified atom stereocenters. The van der Waals surface area contributed by atoms with Gasteiger partial charge in [-0.15, -0.1) is 0 Å². The first-order valence-electron chi connectivity index (χ1n) is 11.0. The van der Waals surface area contributed by atoms with E-state index in [9.17, 15) is 9.18 Å². The fraction of sp³-hybridized carbons (Fsp3) is 0.360. The molecule has 182 valence electrons. The molecule has 3 rings (SSSR count). The number of alkyl carbamates (subject to hydrolysis) is 1. The Hall–Kier alpha value is -2.61. The lowest BCUT2D eigenvalue weighted by molar-refractivity contribution is 0.0516. The van der Waals surface area contributed by atoms with Gasteiger partial charge in [0.25, 0.3) is 0 Å². The van der Waals surface area contributed by atoms with Crippen LogP contribution in [0.1, 0.15) is 43.8 Å². The van der Waals surface area contributed by atoms with E-state index in [2.05, 4.69) is 20.2 Å². The average molecular weight is 507 g/mol. The third kappa shape index (κ3) is 8.31. The van der Waals surface area contributed by atoms with Gasteiger partial charge in [0, 0.05) is 42.1 Å². The standard InChI is InChI=1S/C25H29Cl2FN4O2/c1-25(2,3)34-24(33)31-9-10-32(16-17-5-4-6-21(28)13-17)22(23-29-7-8-30-23)14-18-11-19(26)15-20(27)12-18/h4-8,11-13,15,22H,9-10,14,16H2,1-3H3,(H,29,30)(H,31,33). The first-order valence-corrected chi connectivity index (χ1v) is 11.7. The van der Waals surface area contributed by atoms with Gasteiger partial charge in [0.15, 0.2) is 0 Å². The quantitative estimate of drug-likeness (QED) is 0.364. The number of H-pyrrole nitrogens is 1. The second-order valence-electron chi connectivity index (χ2n) is 9.00. The summed E-state index contributed by atoms with van der Waals surface area (Å²) in [4.78, 5) is 22.0. The molecule has 0 spiro atoms. The lowest BCUT2D eigenvalue weighted by Gasteiger charge is -2.31. The van der Waals surface area contributed by atoms with Crippen molar-refractivity contribution < 1.29 is 13.9 Å². The van der Waals surface area contributed by atoms with Crippen molar-refractivity contribution in [2.24, 2.45) is 0 Å². The van der Waals surface area contributed by atoms with E-state index in [-0.39, 0.29) is 11.9 Å². The first-order chi connectivity index (χ1) is 16.1. The molecular formula is C25H29Cl2FN4O2. The highest BCUT2D eigenvalue weighted by atomic mass is 35.5. The minimum atomic E-state index is -0.589. The molecule has 0 aliphatic heterocycles. The number of aromatic amines is 1. The van der Waals surface area contributed by atoms with Gasteiger partial charge in [0.05, 0.1) is 6.04 Å². The molecule has 1 aromatic heterocycles. The molecule has 1 atom stereocenters. The van der Waals surface area contributed by atoms with Gasteiger partial charge in [-0.2, -0.15) is 0 Å². The van der Waals surface area contributed by atoms with E-state index in [1.165, 1.54) is 12.1 Å². The predicted molar refractivity (Wildman–Crippen MR) is 133 cm³/mol. The maximum Gasteiger partial charge on any atom is 0.407 e. The van der Waals surface area contributed by atoms with Gasteiger partial charge in [-0.1, -0.05) is 35.3 Å². The zero-order valence-electron chi connectivity index (χ0n) is 19.4. The summed E-state index contributed by atoms with van der Waals surface area (Å²) in [6.07, 6.45) is 3.50. The van der Waals surface area contributed by atoms with Gasteiger partial charge >= 0.3 is 6.09 Å².